The molecular formula is C17H17N7O3S. The van der Waals surface area contributed by atoms with Crippen LogP contribution in [0.4, 0.5) is 5.82 Å². The summed E-state index contributed by atoms with van der Waals surface area (Å²) in [6.45, 7) is 1.13. The highest BCUT2D eigenvalue weighted by molar-refractivity contribution is 7.88. The van der Waals surface area contributed by atoms with Crippen molar-refractivity contribution in [1.29, 1.82) is 0 Å². The smallest absolute Gasteiger partial charge is 0.220 e. The molecule has 0 saturated carbocycles. The highest BCUT2D eigenvalue weighted by Crippen LogP contribution is 2.25. The van der Waals surface area contributed by atoms with E-state index >= 15 is 0 Å². The second-order valence-corrected chi connectivity index (χ2v) is 8.81. The van der Waals surface area contributed by atoms with E-state index in [1.54, 1.807) is 17.6 Å². The number of hydrogen-bond acceptors (Lipinski definition) is 8. The SMILES string of the molecule is CN(C1CN(c2ccc3nncn3n2)C1)S(=O)(=O)Cc1noc2ccccc12. The number of anilines is 1. The van der Waals surface area contributed by atoms with Gasteiger partial charge in [-0.25, -0.2) is 8.42 Å². The number of fused-ring (bicyclic) bond motifs is 2. The second-order valence-electron chi connectivity index (χ2n) is 6.78. The number of rotatable bonds is 5. The summed E-state index contributed by atoms with van der Waals surface area (Å²) in [5.74, 6) is 0.568. The molecule has 0 aliphatic carbocycles. The van der Waals surface area contributed by atoms with Crippen molar-refractivity contribution in [3.8, 4) is 0 Å². The summed E-state index contributed by atoms with van der Waals surface area (Å²) >= 11 is 0. The van der Waals surface area contributed by atoms with Gasteiger partial charge in [-0.15, -0.1) is 15.3 Å². The molecule has 144 valence electrons. The Balaban J connectivity index is 1.29. The van der Waals surface area contributed by atoms with Gasteiger partial charge < -0.3 is 9.42 Å². The van der Waals surface area contributed by atoms with Crippen LogP contribution in [0.2, 0.25) is 0 Å². The van der Waals surface area contributed by atoms with Crippen molar-refractivity contribution in [3.63, 3.8) is 0 Å². The first-order valence-electron chi connectivity index (χ1n) is 8.72. The fourth-order valence-corrected chi connectivity index (χ4v) is 4.65. The minimum absolute atomic E-state index is 0.124. The minimum atomic E-state index is -3.53. The molecule has 1 aliphatic heterocycles. The molecule has 0 spiro atoms. The van der Waals surface area contributed by atoms with Crippen molar-refractivity contribution in [1.82, 2.24) is 29.3 Å². The maximum atomic E-state index is 12.8. The van der Waals surface area contributed by atoms with E-state index in [-0.39, 0.29) is 11.8 Å². The normalized spacial score (nSPS) is 15.6. The maximum absolute atomic E-state index is 12.8. The summed E-state index contributed by atoms with van der Waals surface area (Å²) < 4.78 is 33.9. The molecule has 11 heteroatoms. The molecule has 5 rings (SSSR count). The van der Waals surface area contributed by atoms with Crippen molar-refractivity contribution < 1.29 is 12.9 Å². The van der Waals surface area contributed by atoms with Crippen molar-refractivity contribution in [3.05, 3.63) is 48.4 Å². The summed E-state index contributed by atoms with van der Waals surface area (Å²) in [6, 6.07) is 10.8. The fourth-order valence-electron chi connectivity index (χ4n) is 3.30. The van der Waals surface area contributed by atoms with Gasteiger partial charge in [0.05, 0.1) is 6.04 Å². The molecule has 0 bridgehead atoms. The van der Waals surface area contributed by atoms with Crippen LogP contribution in [-0.2, 0) is 15.8 Å². The third kappa shape index (κ3) is 2.79. The molecule has 1 aliphatic rings. The zero-order chi connectivity index (χ0) is 19.3. The lowest BCUT2D eigenvalue weighted by atomic mass is 10.1. The van der Waals surface area contributed by atoms with Gasteiger partial charge >= 0.3 is 0 Å². The molecule has 0 unspecified atom stereocenters. The van der Waals surface area contributed by atoms with Crippen LogP contribution in [0.1, 0.15) is 5.69 Å². The third-order valence-corrected chi connectivity index (χ3v) is 6.87. The van der Waals surface area contributed by atoms with Gasteiger partial charge in [0.2, 0.25) is 10.0 Å². The topological polar surface area (TPSA) is 110 Å². The molecule has 10 nitrogen and oxygen atoms in total. The van der Waals surface area contributed by atoms with Crippen LogP contribution in [-0.4, -0.2) is 63.9 Å². The Morgan fingerprint density at radius 3 is 2.89 bits per heavy atom. The maximum Gasteiger partial charge on any atom is 0.220 e. The molecule has 0 N–H and O–H groups in total. The lowest BCUT2D eigenvalue weighted by molar-refractivity contribution is 0.308. The second kappa shape index (κ2) is 6.24. The van der Waals surface area contributed by atoms with E-state index in [0.29, 0.717) is 30.0 Å². The van der Waals surface area contributed by atoms with Crippen molar-refractivity contribution in [2.24, 2.45) is 0 Å². The summed E-state index contributed by atoms with van der Waals surface area (Å²) in [7, 11) is -1.92. The molecule has 0 radical (unpaired) electrons. The Bertz CT molecular complexity index is 1260. The summed E-state index contributed by atoms with van der Waals surface area (Å²) in [6.07, 6.45) is 1.54. The summed E-state index contributed by atoms with van der Waals surface area (Å²) in [5, 5.41) is 16.8. The van der Waals surface area contributed by atoms with Crippen LogP contribution in [0.15, 0.2) is 47.2 Å². The Hall–Kier alpha value is -3.05. The molecule has 1 saturated heterocycles. The molecular weight excluding hydrogens is 382 g/mol. The van der Waals surface area contributed by atoms with Crippen molar-refractivity contribution in [2.45, 2.75) is 11.8 Å². The first kappa shape index (κ1) is 17.1. The number of likely N-dealkylation sites (N-methyl/N-ethyl adjacent to an activating group) is 1. The number of sulfonamides is 1. The predicted molar refractivity (Wildman–Crippen MR) is 101 cm³/mol. The van der Waals surface area contributed by atoms with Gasteiger partial charge in [0, 0.05) is 25.5 Å². The van der Waals surface area contributed by atoms with Gasteiger partial charge in [0.15, 0.2) is 11.2 Å². The summed E-state index contributed by atoms with van der Waals surface area (Å²) in [4.78, 5) is 2.02. The monoisotopic (exact) mass is 399 g/mol. The number of aromatic nitrogens is 5. The Morgan fingerprint density at radius 1 is 1.21 bits per heavy atom. The van der Waals surface area contributed by atoms with E-state index in [2.05, 4.69) is 20.5 Å². The molecule has 1 fully saturated rings. The minimum Gasteiger partial charge on any atom is -0.356 e. The van der Waals surface area contributed by atoms with Crippen molar-refractivity contribution in [2.75, 3.05) is 25.0 Å². The summed E-state index contributed by atoms with van der Waals surface area (Å²) in [5.41, 5.74) is 1.68. The average Bonchev–Trinajstić information content (AvgIpc) is 3.27. The van der Waals surface area contributed by atoms with Gasteiger partial charge in [0.25, 0.3) is 0 Å². The largest absolute Gasteiger partial charge is 0.356 e. The van der Waals surface area contributed by atoms with Gasteiger partial charge in [-0.2, -0.15) is 8.82 Å². The van der Waals surface area contributed by atoms with Crippen LogP contribution >= 0.6 is 0 Å². The quantitative estimate of drug-likeness (QED) is 0.487. The van der Waals surface area contributed by atoms with Gasteiger partial charge in [-0.3, -0.25) is 0 Å². The standard InChI is InChI=1S/C17H17N7O3S/c1-22(28(25,26)10-14-13-4-2-3-5-15(13)27-21-14)12-8-23(9-12)17-7-6-16-19-18-11-24(16)20-17/h2-7,11-12H,8-10H2,1H3. The first-order chi connectivity index (χ1) is 13.5. The molecule has 28 heavy (non-hydrogen) atoms. The van der Waals surface area contributed by atoms with E-state index in [1.807, 2.05) is 35.2 Å². The molecule has 3 aromatic heterocycles. The van der Waals surface area contributed by atoms with Gasteiger partial charge in [-0.1, -0.05) is 17.3 Å². The molecule has 0 amide bonds. The van der Waals surface area contributed by atoms with E-state index in [1.165, 1.54) is 10.6 Å². The van der Waals surface area contributed by atoms with Crippen LogP contribution in [0, 0.1) is 0 Å². The van der Waals surface area contributed by atoms with E-state index in [4.69, 9.17) is 4.52 Å². The molecule has 4 heterocycles. The zero-order valence-corrected chi connectivity index (χ0v) is 15.8. The van der Waals surface area contributed by atoms with E-state index < -0.39 is 10.0 Å². The predicted octanol–water partition coefficient (Wildman–Crippen LogP) is 0.916. The average molecular weight is 399 g/mol. The van der Waals surface area contributed by atoms with Crippen molar-refractivity contribution >= 4 is 32.5 Å². The van der Waals surface area contributed by atoms with E-state index in [9.17, 15) is 8.42 Å². The van der Waals surface area contributed by atoms with E-state index in [0.717, 1.165) is 11.2 Å². The lowest BCUT2D eigenvalue weighted by Gasteiger charge is -2.43. The number of nitrogens with zero attached hydrogens (tertiary/aromatic N) is 7. The Kier molecular flexibility index (Phi) is 3.81. The Labute approximate surface area is 160 Å². The zero-order valence-electron chi connectivity index (χ0n) is 15.0. The number of para-hydroxylation sites is 1. The third-order valence-electron chi connectivity index (χ3n) is 5.06. The van der Waals surface area contributed by atoms with Crippen LogP contribution in [0.25, 0.3) is 16.6 Å². The highest BCUT2D eigenvalue weighted by Gasteiger charge is 2.37. The van der Waals surface area contributed by atoms with Crippen LogP contribution in [0.5, 0.6) is 0 Å². The highest BCUT2D eigenvalue weighted by atomic mass is 32.2. The lowest BCUT2D eigenvalue weighted by Crippen LogP contribution is -2.60. The first-order valence-corrected chi connectivity index (χ1v) is 10.3. The van der Waals surface area contributed by atoms with Gasteiger partial charge in [-0.05, 0) is 24.3 Å². The molecule has 1 aromatic carbocycles. The number of benzene rings is 1. The molecule has 0 atom stereocenters. The molecule has 4 aromatic rings. The van der Waals surface area contributed by atoms with Gasteiger partial charge in [0.1, 0.15) is 23.6 Å². The van der Waals surface area contributed by atoms with Crippen LogP contribution < -0.4 is 4.90 Å². The number of hydrogen-bond donors (Lipinski definition) is 0. The van der Waals surface area contributed by atoms with Crippen LogP contribution in [0.3, 0.4) is 0 Å². The Morgan fingerprint density at radius 2 is 2.04 bits per heavy atom. The fraction of sp³-hybridized carbons (Fsp3) is 0.294.